The van der Waals surface area contributed by atoms with E-state index >= 15 is 0 Å². The van der Waals surface area contributed by atoms with Gasteiger partial charge in [0.1, 0.15) is 5.75 Å². The predicted octanol–water partition coefficient (Wildman–Crippen LogP) is 5.32. The highest BCUT2D eigenvalue weighted by atomic mass is 35.5. The molecule has 2 aromatic carbocycles. The van der Waals surface area contributed by atoms with E-state index in [-0.39, 0.29) is 27.3 Å². The molecule has 0 spiro atoms. The first-order valence-corrected chi connectivity index (χ1v) is 13.5. The Morgan fingerprint density at radius 1 is 1.11 bits per heavy atom. The number of aromatic hydroxyl groups is 1. The zero-order chi connectivity index (χ0) is 27.2. The zero-order valence-electron chi connectivity index (χ0n) is 19.3. The van der Waals surface area contributed by atoms with Crippen molar-refractivity contribution in [2.24, 2.45) is 0 Å². The standard InChI is InChI=1S/C23H20ClF3N2O5S2/c1-11-9-28-10-12(2)19(11)15-8-18(35(4)32)13(3)20(21(15)30)22(31)29-17-6-5-14(7-16(17)24)36(33,34)23(25,26)27/h5-10,30H,1-4H3,(H,29,31). The number of hydrogen-bond donors (Lipinski definition) is 2. The minimum atomic E-state index is -5.65. The lowest BCUT2D eigenvalue weighted by Crippen LogP contribution is -2.23. The number of aromatic nitrogens is 1. The SMILES string of the molecule is Cc1cncc(C)c1-c1cc(S(C)=O)c(C)c(C(=O)Nc2ccc(S(=O)(=O)C(F)(F)F)cc2Cl)c1O. The zero-order valence-corrected chi connectivity index (χ0v) is 21.7. The number of carbonyl (C=O) groups excluding carboxylic acids is 1. The summed E-state index contributed by atoms with van der Waals surface area (Å²) < 4.78 is 74.3. The van der Waals surface area contributed by atoms with E-state index in [4.69, 9.17) is 11.6 Å². The van der Waals surface area contributed by atoms with Crippen LogP contribution < -0.4 is 5.32 Å². The number of aryl methyl sites for hydroxylation is 2. The number of phenolic OH excluding ortho intramolecular Hbond substituents is 1. The van der Waals surface area contributed by atoms with Crippen LogP contribution in [0.3, 0.4) is 0 Å². The van der Waals surface area contributed by atoms with Crippen LogP contribution in [0, 0.1) is 20.8 Å². The van der Waals surface area contributed by atoms with Gasteiger partial charge in [-0.1, -0.05) is 11.6 Å². The average Bonchev–Trinajstić information content (AvgIpc) is 2.75. The smallest absolute Gasteiger partial charge is 0.501 e. The van der Waals surface area contributed by atoms with E-state index in [0.717, 1.165) is 6.07 Å². The van der Waals surface area contributed by atoms with Crippen molar-refractivity contribution in [3.05, 3.63) is 63.9 Å². The first-order valence-electron chi connectivity index (χ1n) is 10.1. The molecule has 7 nitrogen and oxygen atoms in total. The summed E-state index contributed by atoms with van der Waals surface area (Å²) in [6, 6.07) is 3.66. The van der Waals surface area contributed by atoms with Gasteiger partial charge >= 0.3 is 5.51 Å². The average molecular weight is 561 g/mol. The summed E-state index contributed by atoms with van der Waals surface area (Å²) in [7, 11) is -7.20. The molecular weight excluding hydrogens is 541 g/mol. The van der Waals surface area contributed by atoms with Gasteiger partial charge in [-0.3, -0.25) is 14.0 Å². The number of sulfone groups is 1. The maximum absolute atomic E-state index is 13.2. The van der Waals surface area contributed by atoms with Crippen LogP contribution in [0.2, 0.25) is 5.02 Å². The van der Waals surface area contributed by atoms with Crippen LogP contribution >= 0.6 is 11.6 Å². The van der Waals surface area contributed by atoms with Gasteiger partial charge in [0.05, 0.1) is 32.0 Å². The van der Waals surface area contributed by atoms with Crippen LogP contribution in [0.25, 0.3) is 11.1 Å². The predicted molar refractivity (Wildman–Crippen MR) is 131 cm³/mol. The van der Waals surface area contributed by atoms with Gasteiger partial charge in [0.15, 0.2) is 0 Å². The monoisotopic (exact) mass is 560 g/mol. The van der Waals surface area contributed by atoms with Crippen molar-refractivity contribution in [1.29, 1.82) is 0 Å². The van der Waals surface area contributed by atoms with Gasteiger partial charge in [-0.25, -0.2) is 8.42 Å². The Balaban J connectivity index is 2.14. The molecule has 0 aliphatic carbocycles. The van der Waals surface area contributed by atoms with E-state index in [2.05, 4.69) is 10.3 Å². The lowest BCUT2D eigenvalue weighted by molar-refractivity contribution is -0.0436. The number of rotatable bonds is 5. The number of pyridine rings is 1. The molecule has 0 aliphatic rings. The van der Waals surface area contributed by atoms with E-state index in [1.54, 1.807) is 26.2 Å². The van der Waals surface area contributed by atoms with Gasteiger partial charge in [-0.05, 0) is 67.3 Å². The highest BCUT2D eigenvalue weighted by Crippen LogP contribution is 2.40. The number of carbonyl (C=O) groups is 1. The van der Waals surface area contributed by atoms with Crippen molar-refractivity contribution < 1.29 is 35.7 Å². The molecule has 0 saturated carbocycles. The first kappa shape index (κ1) is 27.6. The van der Waals surface area contributed by atoms with Gasteiger partial charge in [0.25, 0.3) is 15.7 Å². The fraction of sp³-hybridized carbons (Fsp3) is 0.217. The van der Waals surface area contributed by atoms with E-state index in [1.807, 2.05) is 0 Å². The molecule has 2 N–H and O–H groups in total. The highest BCUT2D eigenvalue weighted by molar-refractivity contribution is 7.92. The molecule has 3 aromatic rings. The van der Waals surface area contributed by atoms with Crippen molar-refractivity contribution in [3.8, 4) is 16.9 Å². The van der Waals surface area contributed by atoms with Crippen LogP contribution in [0.5, 0.6) is 5.75 Å². The van der Waals surface area contributed by atoms with Crippen molar-refractivity contribution in [3.63, 3.8) is 0 Å². The van der Waals surface area contributed by atoms with Gasteiger partial charge in [0, 0.05) is 29.1 Å². The topological polar surface area (TPSA) is 113 Å². The second-order valence-corrected chi connectivity index (χ2v) is 11.6. The van der Waals surface area contributed by atoms with Crippen LogP contribution in [-0.2, 0) is 20.6 Å². The Labute approximate surface area is 212 Å². The summed E-state index contributed by atoms with van der Waals surface area (Å²) in [6.07, 6.45) is 4.55. The molecule has 0 bridgehead atoms. The molecule has 3 rings (SSSR count). The Hall–Kier alpha value is -2.96. The summed E-state index contributed by atoms with van der Waals surface area (Å²) in [5.41, 5.74) is -3.52. The molecular formula is C23H20ClF3N2O5S2. The number of alkyl halides is 3. The van der Waals surface area contributed by atoms with Gasteiger partial charge in [-0.15, -0.1) is 0 Å². The summed E-state index contributed by atoms with van der Waals surface area (Å²) >= 11 is 5.98. The third-order valence-electron chi connectivity index (χ3n) is 5.45. The summed E-state index contributed by atoms with van der Waals surface area (Å²) in [5, 5.41) is 13.0. The maximum Gasteiger partial charge on any atom is 0.501 e. The molecule has 0 fully saturated rings. The molecule has 1 aromatic heterocycles. The minimum absolute atomic E-state index is 0.192. The van der Waals surface area contributed by atoms with Crippen LogP contribution in [0.15, 0.2) is 46.5 Å². The molecule has 1 heterocycles. The third-order valence-corrected chi connectivity index (χ3v) is 8.29. The summed E-state index contributed by atoms with van der Waals surface area (Å²) in [4.78, 5) is 16.5. The number of anilines is 1. The van der Waals surface area contributed by atoms with Crippen molar-refractivity contribution in [2.45, 2.75) is 36.1 Å². The minimum Gasteiger partial charge on any atom is -0.506 e. The number of nitrogens with zero attached hydrogens (tertiary/aromatic N) is 1. The van der Waals surface area contributed by atoms with Gasteiger partial charge < -0.3 is 10.4 Å². The number of halogens is 4. The highest BCUT2D eigenvalue weighted by Gasteiger charge is 2.47. The van der Waals surface area contributed by atoms with Crippen LogP contribution in [0.4, 0.5) is 18.9 Å². The van der Waals surface area contributed by atoms with Crippen LogP contribution in [0.1, 0.15) is 27.0 Å². The second kappa shape index (κ2) is 9.83. The van der Waals surface area contributed by atoms with E-state index in [9.17, 15) is 35.7 Å². The molecule has 36 heavy (non-hydrogen) atoms. The number of nitrogens with one attached hydrogen (secondary N) is 1. The van der Waals surface area contributed by atoms with Gasteiger partial charge in [0.2, 0.25) is 0 Å². The molecule has 192 valence electrons. The Bertz CT molecular complexity index is 1500. The molecule has 1 amide bonds. The first-order chi connectivity index (χ1) is 16.6. The number of hydrogen-bond acceptors (Lipinski definition) is 6. The van der Waals surface area contributed by atoms with E-state index < -0.39 is 47.7 Å². The number of phenols is 1. The third kappa shape index (κ3) is 4.97. The lowest BCUT2D eigenvalue weighted by atomic mass is 9.93. The summed E-state index contributed by atoms with van der Waals surface area (Å²) in [5.74, 6) is -1.31. The van der Waals surface area contributed by atoms with Crippen molar-refractivity contribution in [2.75, 3.05) is 11.6 Å². The molecule has 13 heteroatoms. The molecule has 0 aliphatic heterocycles. The second-order valence-electron chi connectivity index (χ2n) is 7.92. The van der Waals surface area contributed by atoms with Crippen molar-refractivity contribution >= 4 is 43.8 Å². The maximum atomic E-state index is 13.2. The molecule has 0 saturated heterocycles. The largest absolute Gasteiger partial charge is 0.506 e. The van der Waals surface area contributed by atoms with E-state index in [1.165, 1.54) is 19.2 Å². The van der Waals surface area contributed by atoms with Crippen molar-refractivity contribution in [1.82, 2.24) is 4.98 Å². The number of benzene rings is 2. The Kier molecular flexibility index (Phi) is 7.54. The molecule has 1 atom stereocenters. The Morgan fingerprint density at radius 2 is 1.69 bits per heavy atom. The molecule has 0 radical (unpaired) electrons. The Morgan fingerprint density at radius 3 is 2.19 bits per heavy atom. The van der Waals surface area contributed by atoms with Crippen LogP contribution in [-0.4, -0.2) is 40.4 Å². The number of amides is 1. The fourth-order valence-corrected chi connectivity index (χ4v) is 5.62. The quantitative estimate of drug-likeness (QED) is 0.437. The van der Waals surface area contributed by atoms with Gasteiger partial charge in [-0.2, -0.15) is 13.2 Å². The lowest BCUT2D eigenvalue weighted by Gasteiger charge is -2.19. The fourth-order valence-electron chi connectivity index (χ4n) is 3.72. The normalized spacial score (nSPS) is 12.9. The van der Waals surface area contributed by atoms with E-state index in [0.29, 0.717) is 28.8 Å². The molecule has 1 unspecified atom stereocenters. The summed E-state index contributed by atoms with van der Waals surface area (Å²) in [6.45, 7) is 5.00.